The van der Waals surface area contributed by atoms with Crippen molar-refractivity contribution >= 4 is 29.1 Å². The lowest BCUT2D eigenvalue weighted by Crippen LogP contribution is -2.58. The smallest absolute Gasteiger partial charge is 0.255 e. The molecule has 3 aliphatic rings. The fraction of sp³-hybridized carbons (Fsp3) is 0.462. The third-order valence-corrected chi connectivity index (χ3v) is 7.18. The topological polar surface area (TPSA) is 187 Å². The molecule has 0 bridgehead atoms. The van der Waals surface area contributed by atoms with Crippen molar-refractivity contribution in [1.29, 1.82) is 0 Å². The van der Waals surface area contributed by atoms with Gasteiger partial charge in [-0.1, -0.05) is 6.07 Å². The largest absolute Gasteiger partial charge is 0.508 e. The molecule has 0 radical (unpaired) electrons. The summed E-state index contributed by atoms with van der Waals surface area (Å²) in [4.78, 5) is 50.0. The Hall–Kier alpha value is -3.66. The van der Waals surface area contributed by atoms with Crippen LogP contribution in [0.5, 0.6) is 5.75 Å². The predicted molar refractivity (Wildman–Crippen MR) is 128 cm³/mol. The summed E-state index contributed by atoms with van der Waals surface area (Å²) in [6.45, 7) is 5.61. The van der Waals surface area contributed by atoms with Crippen LogP contribution in [0, 0.1) is 11.8 Å². The third-order valence-electron chi connectivity index (χ3n) is 7.18. The number of fused-ring (bicyclic) bond motifs is 3. The minimum Gasteiger partial charge on any atom is -0.508 e. The highest BCUT2D eigenvalue weighted by atomic mass is 16.3. The van der Waals surface area contributed by atoms with Gasteiger partial charge in [-0.15, -0.1) is 0 Å². The lowest BCUT2D eigenvalue weighted by atomic mass is 9.59. The average Bonchev–Trinajstić information content (AvgIpc) is 2.74. The van der Waals surface area contributed by atoms with Gasteiger partial charge in [-0.05, 0) is 63.1 Å². The minimum absolute atomic E-state index is 0.0239. The van der Waals surface area contributed by atoms with E-state index in [2.05, 4.69) is 5.32 Å². The summed E-state index contributed by atoms with van der Waals surface area (Å²) in [6.07, 6.45) is 0.384. The van der Waals surface area contributed by atoms with Gasteiger partial charge >= 0.3 is 0 Å². The average molecular weight is 499 g/mol. The second-order valence-corrected chi connectivity index (χ2v) is 10.8. The molecule has 10 heteroatoms. The van der Waals surface area contributed by atoms with Gasteiger partial charge < -0.3 is 31.5 Å². The third kappa shape index (κ3) is 3.95. The first-order valence-corrected chi connectivity index (χ1v) is 11.8. The van der Waals surface area contributed by atoms with E-state index in [4.69, 9.17) is 5.73 Å². The zero-order chi connectivity index (χ0) is 26.7. The van der Waals surface area contributed by atoms with Crippen LogP contribution in [0.1, 0.15) is 56.7 Å². The van der Waals surface area contributed by atoms with E-state index < -0.39 is 57.5 Å². The van der Waals surface area contributed by atoms with Crippen molar-refractivity contribution in [3.8, 4) is 5.75 Å². The lowest BCUT2D eigenvalue weighted by Gasteiger charge is -2.46. The second-order valence-electron chi connectivity index (χ2n) is 10.8. The first-order chi connectivity index (χ1) is 16.7. The number of nitrogens with one attached hydrogen (secondary N) is 1. The molecule has 0 unspecified atom stereocenters. The van der Waals surface area contributed by atoms with E-state index in [1.165, 1.54) is 6.07 Å². The quantitative estimate of drug-likeness (QED) is 0.335. The van der Waals surface area contributed by atoms with Gasteiger partial charge in [-0.2, -0.15) is 0 Å². The molecule has 0 aromatic heterocycles. The number of amides is 2. The van der Waals surface area contributed by atoms with Crippen LogP contribution < -0.4 is 11.1 Å². The number of nitrogens with two attached hydrogens (primary N) is 1. The Labute approximate surface area is 207 Å². The molecule has 1 aromatic carbocycles. The van der Waals surface area contributed by atoms with Crippen molar-refractivity contribution < 1.29 is 39.6 Å². The Balaban J connectivity index is 1.76. The van der Waals surface area contributed by atoms with E-state index in [-0.39, 0.29) is 48.5 Å². The van der Waals surface area contributed by atoms with E-state index in [9.17, 15) is 39.6 Å². The Morgan fingerprint density at radius 3 is 2.42 bits per heavy atom. The van der Waals surface area contributed by atoms with Crippen LogP contribution in [0.2, 0.25) is 0 Å². The first kappa shape index (κ1) is 25.4. The van der Waals surface area contributed by atoms with Crippen molar-refractivity contribution in [2.45, 2.75) is 64.0 Å². The molecule has 0 spiro atoms. The van der Waals surface area contributed by atoms with Crippen LogP contribution in [0.3, 0.4) is 0 Å². The van der Waals surface area contributed by atoms with Crippen molar-refractivity contribution in [2.24, 2.45) is 17.6 Å². The number of Topliss-reactive ketones (excluding diaryl/α,β-unsaturated/α-hetero) is 2. The van der Waals surface area contributed by atoms with Gasteiger partial charge in [-0.25, -0.2) is 0 Å². The minimum atomic E-state index is -2.59. The number of ketones is 2. The van der Waals surface area contributed by atoms with Crippen molar-refractivity contribution in [1.82, 2.24) is 5.32 Å². The molecule has 3 aliphatic carbocycles. The summed E-state index contributed by atoms with van der Waals surface area (Å²) in [5, 5.41) is 46.4. The van der Waals surface area contributed by atoms with E-state index in [0.29, 0.717) is 17.5 Å². The van der Waals surface area contributed by atoms with Crippen molar-refractivity contribution in [3.05, 3.63) is 45.7 Å². The molecule has 2 amide bonds. The number of rotatable bonds is 4. The van der Waals surface area contributed by atoms with E-state index in [1.54, 1.807) is 6.07 Å². The number of primary amides is 1. The number of hydrogen-bond acceptors (Lipinski definition) is 8. The summed E-state index contributed by atoms with van der Waals surface area (Å²) < 4.78 is 0. The summed E-state index contributed by atoms with van der Waals surface area (Å²) in [7, 11) is 0. The number of aliphatic hydroxyl groups is 3. The van der Waals surface area contributed by atoms with E-state index >= 15 is 0 Å². The summed E-state index contributed by atoms with van der Waals surface area (Å²) in [6, 6.07) is 3.02. The molecule has 36 heavy (non-hydrogen) atoms. The number of aryl methyl sites for hydroxylation is 1. The van der Waals surface area contributed by atoms with Crippen molar-refractivity contribution in [2.75, 3.05) is 0 Å². The highest BCUT2D eigenvalue weighted by Crippen LogP contribution is 2.52. The van der Waals surface area contributed by atoms with Gasteiger partial charge in [-0.3, -0.25) is 19.2 Å². The molecular weight excluding hydrogens is 468 g/mol. The fourth-order valence-corrected chi connectivity index (χ4v) is 5.65. The van der Waals surface area contributed by atoms with Crippen LogP contribution >= 0.6 is 0 Å². The Bertz CT molecular complexity index is 1270. The fourth-order valence-electron chi connectivity index (χ4n) is 5.65. The highest BCUT2D eigenvalue weighted by Gasteiger charge is 2.60. The number of benzene rings is 1. The zero-order valence-electron chi connectivity index (χ0n) is 20.3. The maximum Gasteiger partial charge on any atom is 0.255 e. The highest BCUT2D eigenvalue weighted by molar-refractivity contribution is 6.22. The van der Waals surface area contributed by atoms with Crippen LogP contribution in [0.4, 0.5) is 0 Å². The first-order valence-electron chi connectivity index (χ1n) is 11.8. The van der Waals surface area contributed by atoms with Crippen molar-refractivity contribution in [3.63, 3.8) is 0 Å². The number of aromatic hydroxyl groups is 1. The van der Waals surface area contributed by atoms with E-state index in [1.807, 2.05) is 20.8 Å². The molecule has 7 N–H and O–H groups in total. The van der Waals surface area contributed by atoms with Gasteiger partial charge in [0, 0.05) is 29.9 Å². The summed E-state index contributed by atoms with van der Waals surface area (Å²) in [5.74, 6) is -6.79. The lowest BCUT2D eigenvalue weighted by molar-refractivity contribution is -0.147. The standard InChI is InChI=1S/C26H30N2O8/c1-25(2,3)28-17(31)7-5-11-4-6-15(29)19-14(11)9-12-8-13-10-16(30)20(24(27)35)23(34)26(13,36)22(33)18(12)21(19)32/h4,6,12-13,29,32,34,36H,5,7-10H2,1-3H3,(H2,27,35)(H,28,31)/t12-,13+,26+/m1/s1. The van der Waals surface area contributed by atoms with Crippen LogP contribution in [0.15, 0.2) is 29.0 Å². The molecule has 0 aliphatic heterocycles. The maximum absolute atomic E-state index is 13.5. The number of carbonyl (C=O) groups is 4. The molecule has 4 rings (SSSR count). The molecule has 1 aromatic rings. The molecule has 1 saturated carbocycles. The number of aliphatic hydroxyl groups excluding tert-OH is 2. The van der Waals surface area contributed by atoms with Crippen LogP contribution in [-0.4, -0.2) is 54.9 Å². The number of phenolic OH excluding ortho intramolecular Hbond substituents is 1. The Morgan fingerprint density at radius 1 is 1.14 bits per heavy atom. The molecule has 1 fully saturated rings. The maximum atomic E-state index is 13.5. The predicted octanol–water partition coefficient (Wildman–Crippen LogP) is 1.27. The molecule has 192 valence electrons. The van der Waals surface area contributed by atoms with Gasteiger partial charge in [0.15, 0.2) is 11.4 Å². The SMILES string of the molecule is CC(C)(C)NC(=O)CCc1ccc(O)c2c1C[C@H]1C[C@H]3CC(=O)C(C(N)=O)=C(O)[C@@]3(O)C(=O)C1=C2O. The van der Waals surface area contributed by atoms with Gasteiger partial charge in [0.1, 0.15) is 22.8 Å². The van der Waals surface area contributed by atoms with E-state index in [0.717, 1.165) is 0 Å². The van der Waals surface area contributed by atoms with Gasteiger partial charge in [0.25, 0.3) is 5.91 Å². The molecule has 10 nitrogen and oxygen atoms in total. The number of carbonyl (C=O) groups excluding carboxylic acids is 4. The molecule has 3 atom stereocenters. The van der Waals surface area contributed by atoms with Crippen LogP contribution in [0.25, 0.3) is 5.76 Å². The zero-order valence-corrected chi connectivity index (χ0v) is 20.3. The normalized spacial score (nSPS) is 25.8. The number of phenols is 1. The molecular formula is C26H30N2O8. The molecule has 0 saturated heterocycles. The van der Waals surface area contributed by atoms with Gasteiger partial charge in [0.2, 0.25) is 11.7 Å². The van der Waals surface area contributed by atoms with Gasteiger partial charge in [0.05, 0.1) is 5.56 Å². The number of hydrogen-bond donors (Lipinski definition) is 6. The second kappa shape index (κ2) is 8.48. The monoisotopic (exact) mass is 498 g/mol. The molecule has 0 heterocycles. The van der Waals surface area contributed by atoms with Crippen LogP contribution in [-0.2, 0) is 32.0 Å². The summed E-state index contributed by atoms with van der Waals surface area (Å²) in [5.41, 5.74) is 2.50. The summed E-state index contributed by atoms with van der Waals surface area (Å²) >= 11 is 0. The Morgan fingerprint density at radius 2 is 1.81 bits per heavy atom. The Kier molecular flexibility index (Phi) is 5.99.